The van der Waals surface area contributed by atoms with E-state index in [1.54, 1.807) is 4.90 Å². The number of hydrogen-bond donors (Lipinski definition) is 1. The van der Waals surface area contributed by atoms with Gasteiger partial charge in [-0.2, -0.15) is 0 Å². The molecule has 2 heterocycles. The van der Waals surface area contributed by atoms with Gasteiger partial charge in [0.25, 0.3) is 11.5 Å². The van der Waals surface area contributed by atoms with Gasteiger partial charge in [0.15, 0.2) is 0 Å². The van der Waals surface area contributed by atoms with Gasteiger partial charge < -0.3 is 9.80 Å². The third-order valence-electron chi connectivity index (χ3n) is 7.46. The molecule has 9 heteroatoms. The monoisotopic (exact) mass is 468 g/mol. The van der Waals surface area contributed by atoms with Crippen molar-refractivity contribution in [2.75, 3.05) is 26.2 Å². The highest BCUT2D eigenvalue weighted by Crippen LogP contribution is 2.28. The van der Waals surface area contributed by atoms with Crippen LogP contribution >= 0.6 is 0 Å². The van der Waals surface area contributed by atoms with E-state index in [9.17, 15) is 23.6 Å². The standard InChI is InChI=1S/C25H29FN4O4/c26-20-9-8-17(24(33)29-12-10-28(11-13-29)23(32)16-4-3-5-16)14-18(20)15-30-21-7-2-1-6-19(21)22(31)27-25(30)34/h8-9,14,16H,1-7,10-13,15H2,(H,27,31,34). The van der Waals surface area contributed by atoms with Gasteiger partial charge in [-0.05, 0) is 56.7 Å². The smallest absolute Gasteiger partial charge is 0.328 e. The Hall–Kier alpha value is -3.23. The molecule has 2 aliphatic carbocycles. The Morgan fingerprint density at radius 2 is 1.68 bits per heavy atom. The van der Waals surface area contributed by atoms with Crippen molar-refractivity contribution in [2.24, 2.45) is 5.92 Å². The summed E-state index contributed by atoms with van der Waals surface area (Å²) >= 11 is 0. The number of carbonyl (C=O) groups excluding carboxylic acids is 2. The quantitative estimate of drug-likeness (QED) is 0.739. The maximum absolute atomic E-state index is 14.7. The molecule has 2 amide bonds. The predicted molar refractivity (Wildman–Crippen MR) is 123 cm³/mol. The van der Waals surface area contributed by atoms with Crippen LogP contribution in [0.25, 0.3) is 0 Å². The Labute approximate surface area is 196 Å². The second kappa shape index (κ2) is 9.19. The molecule has 1 aromatic carbocycles. The topological polar surface area (TPSA) is 95.5 Å². The van der Waals surface area contributed by atoms with Gasteiger partial charge in [-0.3, -0.25) is 23.9 Å². The fourth-order valence-electron chi connectivity index (χ4n) is 5.19. The lowest BCUT2D eigenvalue weighted by Gasteiger charge is -2.38. The molecular weight excluding hydrogens is 439 g/mol. The van der Waals surface area contributed by atoms with Crippen molar-refractivity contribution >= 4 is 11.8 Å². The van der Waals surface area contributed by atoms with Gasteiger partial charge in [0.05, 0.1) is 6.54 Å². The molecule has 1 saturated carbocycles. The molecule has 1 aliphatic heterocycles. The van der Waals surface area contributed by atoms with Crippen molar-refractivity contribution in [1.82, 2.24) is 19.4 Å². The fourth-order valence-corrected chi connectivity index (χ4v) is 5.19. The molecular formula is C25H29FN4O4. The molecule has 180 valence electrons. The number of fused-ring (bicyclic) bond motifs is 1. The highest BCUT2D eigenvalue weighted by atomic mass is 19.1. The lowest BCUT2D eigenvalue weighted by molar-refractivity contribution is -0.139. The summed E-state index contributed by atoms with van der Waals surface area (Å²) in [6.45, 7) is 1.85. The van der Waals surface area contributed by atoms with Crippen molar-refractivity contribution in [3.05, 3.63) is 67.2 Å². The third kappa shape index (κ3) is 4.19. The highest BCUT2D eigenvalue weighted by Gasteiger charge is 2.32. The summed E-state index contributed by atoms with van der Waals surface area (Å²) in [4.78, 5) is 56.2. The second-order valence-electron chi connectivity index (χ2n) is 9.53. The molecule has 0 spiro atoms. The van der Waals surface area contributed by atoms with Crippen LogP contribution in [0.5, 0.6) is 0 Å². The van der Waals surface area contributed by atoms with Crippen molar-refractivity contribution < 1.29 is 14.0 Å². The first-order valence-corrected chi connectivity index (χ1v) is 12.1. The average Bonchev–Trinajstić information content (AvgIpc) is 2.81. The van der Waals surface area contributed by atoms with Gasteiger partial charge >= 0.3 is 5.69 Å². The number of rotatable bonds is 4. The van der Waals surface area contributed by atoms with Crippen LogP contribution in [0.1, 0.15) is 59.3 Å². The summed E-state index contributed by atoms with van der Waals surface area (Å²) < 4.78 is 16.1. The molecule has 1 saturated heterocycles. The first kappa shape index (κ1) is 22.6. The van der Waals surface area contributed by atoms with E-state index in [0.717, 1.165) is 32.1 Å². The summed E-state index contributed by atoms with van der Waals surface area (Å²) in [5.41, 5.74) is 0.897. The number of halogens is 1. The van der Waals surface area contributed by atoms with E-state index in [1.165, 1.54) is 22.8 Å². The van der Waals surface area contributed by atoms with Gasteiger partial charge in [0.1, 0.15) is 5.82 Å². The zero-order chi connectivity index (χ0) is 23.8. The van der Waals surface area contributed by atoms with Crippen LogP contribution in [-0.2, 0) is 24.2 Å². The highest BCUT2D eigenvalue weighted by molar-refractivity contribution is 5.94. The Kier molecular flexibility index (Phi) is 6.10. The summed E-state index contributed by atoms with van der Waals surface area (Å²) in [5, 5.41) is 0. The summed E-state index contributed by atoms with van der Waals surface area (Å²) in [6, 6.07) is 4.20. The number of nitrogens with zero attached hydrogens (tertiary/aromatic N) is 3. The molecule has 5 rings (SSSR count). The average molecular weight is 469 g/mol. The molecule has 1 N–H and O–H groups in total. The SMILES string of the molecule is O=C(c1ccc(F)c(Cn2c3c(c(=O)[nH]c2=O)CCCC3)c1)N1CCN(C(=O)C2CCC2)CC1. The minimum absolute atomic E-state index is 0.0471. The largest absolute Gasteiger partial charge is 0.339 e. The van der Waals surface area contributed by atoms with Gasteiger partial charge in [-0.1, -0.05) is 6.42 Å². The first-order chi connectivity index (χ1) is 16.4. The number of aromatic amines is 1. The molecule has 0 radical (unpaired) electrons. The third-order valence-corrected chi connectivity index (χ3v) is 7.46. The van der Waals surface area contributed by atoms with Crippen LogP contribution < -0.4 is 11.2 Å². The van der Waals surface area contributed by atoms with Crippen LogP contribution in [0.15, 0.2) is 27.8 Å². The van der Waals surface area contributed by atoms with Gasteiger partial charge in [-0.25, -0.2) is 9.18 Å². The molecule has 8 nitrogen and oxygen atoms in total. The van der Waals surface area contributed by atoms with Crippen LogP contribution in [0.4, 0.5) is 4.39 Å². The van der Waals surface area contributed by atoms with Gasteiger partial charge in [0, 0.05) is 54.5 Å². The molecule has 0 unspecified atom stereocenters. The predicted octanol–water partition coefficient (Wildman–Crippen LogP) is 1.69. The molecule has 3 aliphatic rings. The maximum atomic E-state index is 14.7. The summed E-state index contributed by atoms with van der Waals surface area (Å²) in [6.07, 6.45) is 5.96. The van der Waals surface area contributed by atoms with E-state index in [0.29, 0.717) is 55.8 Å². The number of piperazine rings is 1. The van der Waals surface area contributed by atoms with E-state index in [-0.39, 0.29) is 35.4 Å². The van der Waals surface area contributed by atoms with E-state index in [4.69, 9.17) is 0 Å². The number of amides is 2. The zero-order valence-corrected chi connectivity index (χ0v) is 19.1. The minimum atomic E-state index is -0.561. The molecule has 1 aromatic heterocycles. The van der Waals surface area contributed by atoms with Crippen molar-refractivity contribution in [3.63, 3.8) is 0 Å². The fraction of sp³-hybridized carbons (Fsp3) is 0.520. The Morgan fingerprint density at radius 1 is 0.971 bits per heavy atom. The number of H-pyrrole nitrogens is 1. The van der Waals surface area contributed by atoms with E-state index in [1.807, 2.05) is 4.90 Å². The zero-order valence-electron chi connectivity index (χ0n) is 19.1. The lowest BCUT2D eigenvalue weighted by atomic mass is 9.84. The van der Waals surface area contributed by atoms with E-state index >= 15 is 0 Å². The van der Waals surface area contributed by atoms with Crippen LogP contribution in [0.3, 0.4) is 0 Å². The van der Waals surface area contributed by atoms with Crippen LogP contribution in [-0.4, -0.2) is 57.3 Å². The number of aromatic nitrogens is 2. The molecule has 34 heavy (non-hydrogen) atoms. The van der Waals surface area contributed by atoms with Crippen LogP contribution in [0, 0.1) is 11.7 Å². The number of hydrogen-bond acceptors (Lipinski definition) is 4. The number of carbonyl (C=O) groups is 2. The molecule has 2 fully saturated rings. The van der Waals surface area contributed by atoms with Crippen molar-refractivity contribution in [2.45, 2.75) is 51.5 Å². The Balaban J connectivity index is 1.33. The molecule has 0 atom stereocenters. The van der Waals surface area contributed by atoms with E-state index < -0.39 is 11.5 Å². The van der Waals surface area contributed by atoms with Crippen molar-refractivity contribution in [3.8, 4) is 0 Å². The molecule has 0 bridgehead atoms. The number of benzene rings is 1. The van der Waals surface area contributed by atoms with Gasteiger partial charge in [0.2, 0.25) is 5.91 Å². The Bertz CT molecular complexity index is 1240. The maximum Gasteiger partial charge on any atom is 0.328 e. The lowest BCUT2D eigenvalue weighted by Crippen LogP contribution is -2.52. The molecule has 2 aromatic rings. The van der Waals surface area contributed by atoms with Crippen molar-refractivity contribution in [1.29, 1.82) is 0 Å². The summed E-state index contributed by atoms with van der Waals surface area (Å²) in [5.74, 6) is -0.385. The van der Waals surface area contributed by atoms with Gasteiger partial charge in [-0.15, -0.1) is 0 Å². The second-order valence-corrected chi connectivity index (χ2v) is 9.53. The van der Waals surface area contributed by atoms with Crippen LogP contribution in [0.2, 0.25) is 0 Å². The Morgan fingerprint density at radius 3 is 2.38 bits per heavy atom. The summed E-state index contributed by atoms with van der Waals surface area (Å²) in [7, 11) is 0. The minimum Gasteiger partial charge on any atom is -0.339 e. The number of nitrogens with one attached hydrogen (secondary N) is 1. The van der Waals surface area contributed by atoms with E-state index in [2.05, 4.69) is 4.98 Å². The normalized spacial score (nSPS) is 18.4. The first-order valence-electron chi connectivity index (χ1n) is 12.1.